The summed E-state index contributed by atoms with van der Waals surface area (Å²) in [5.74, 6) is 1.65. The van der Waals surface area contributed by atoms with Crippen molar-refractivity contribution in [2.75, 3.05) is 7.11 Å². The lowest BCUT2D eigenvalue weighted by Crippen LogP contribution is -2.13. The van der Waals surface area contributed by atoms with Crippen LogP contribution in [-0.2, 0) is 0 Å². The van der Waals surface area contributed by atoms with Gasteiger partial charge in [-0.3, -0.25) is 9.25 Å². The minimum Gasteiger partial charge on any atom is -0.497 e. The predicted octanol–water partition coefficient (Wildman–Crippen LogP) is 2.08. The van der Waals surface area contributed by atoms with Crippen LogP contribution in [0.3, 0.4) is 0 Å². The second kappa shape index (κ2) is 5.16. The smallest absolute Gasteiger partial charge is 0.162 e. The van der Waals surface area contributed by atoms with E-state index in [0.717, 1.165) is 17.3 Å². The molecule has 0 aliphatic heterocycles. The molecule has 0 amide bonds. The van der Waals surface area contributed by atoms with Gasteiger partial charge >= 0.3 is 0 Å². The first-order valence-electron chi connectivity index (χ1n) is 6.33. The van der Waals surface area contributed by atoms with Crippen molar-refractivity contribution in [2.24, 2.45) is 0 Å². The number of nitrogens with zero attached hydrogens (tertiary/aromatic N) is 5. The number of hydrogen-bond acceptors (Lipinski definition) is 4. The van der Waals surface area contributed by atoms with Crippen molar-refractivity contribution in [2.45, 2.75) is 13.0 Å². The van der Waals surface area contributed by atoms with Crippen molar-refractivity contribution in [1.29, 1.82) is 0 Å². The van der Waals surface area contributed by atoms with Gasteiger partial charge in [0, 0.05) is 18.1 Å². The van der Waals surface area contributed by atoms with Crippen LogP contribution in [0.5, 0.6) is 5.75 Å². The summed E-state index contributed by atoms with van der Waals surface area (Å²) in [6.45, 7) is 2.04. The highest BCUT2D eigenvalue weighted by Gasteiger charge is 2.16. The summed E-state index contributed by atoms with van der Waals surface area (Å²) in [7, 11) is 1.65. The summed E-state index contributed by atoms with van der Waals surface area (Å²) in [5.41, 5.74) is 0.991. The van der Waals surface area contributed by atoms with Crippen molar-refractivity contribution in [3.05, 3.63) is 54.9 Å². The Morgan fingerprint density at radius 3 is 2.65 bits per heavy atom. The first kappa shape index (κ1) is 12.4. The molecule has 0 aliphatic carbocycles. The minimum absolute atomic E-state index is 0.00889. The Bertz CT molecular complexity index is 672. The molecule has 0 spiro atoms. The maximum Gasteiger partial charge on any atom is 0.162 e. The Kier molecular flexibility index (Phi) is 3.20. The van der Waals surface area contributed by atoms with Crippen LogP contribution in [0.1, 0.15) is 18.8 Å². The zero-order valence-corrected chi connectivity index (χ0v) is 11.3. The van der Waals surface area contributed by atoms with Gasteiger partial charge in [0.1, 0.15) is 18.1 Å². The topological polar surface area (TPSA) is 57.8 Å². The number of aromatic nitrogens is 5. The second-order valence-electron chi connectivity index (χ2n) is 4.42. The van der Waals surface area contributed by atoms with Crippen LogP contribution >= 0.6 is 0 Å². The molecule has 0 radical (unpaired) electrons. The zero-order chi connectivity index (χ0) is 13.9. The molecule has 1 atom stereocenters. The number of hydrogen-bond donors (Lipinski definition) is 0. The number of methoxy groups -OCH3 is 1. The van der Waals surface area contributed by atoms with Gasteiger partial charge in [-0.25, -0.2) is 0 Å². The third-order valence-electron chi connectivity index (χ3n) is 3.22. The molecule has 6 heteroatoms. The fraction of sp³-hybridized carbons (Fsp3) is 0.214. The van der Waals surface area contributed by atoms with Gasteiger partial charge < -0.3 is 4.74 Å². The van der Waals surface area contributed by atoms with E-state index in [9.17, 15) is 0 Å². The van der Waals surface area contributed by atoms with Gasteiger partial charge in [-0.2, -0.15) is 5.10 Å². The lowest BCUT2D eigenvalue weighted by Gasteiger charge is -2.13. The molecule has 0 aliphatic rings. The maximum atomic E-state index is 5.17. The first-order valence-corrected chi connectivity index (χ1v) is 6.33. The van der Waals surface area contributed by atoms with E-state index in [0.29, 0.717) is 0 Å². The molecule has 6 nitrogen and oxygen atoms in total. The maximum absolute atomic E-state index is 5.17. The summed E-state index contributed by atoms with van der Waals surface area (Å²) in [6.07, 6.45) is 5.37. The van der Waals surface area contributed by atoms with E-state index < -0.39 is 0 Å². The average Bonchev–Trinajstić information content (AvgIpc) is 3.18. The zero-order valence-electron chi connectivity index (χ0n) is 11.3. The van der Waals surface area contributed by atoms with Gasteiger partial charge in [0.25, 0.3) is 0 Å². The minimum atomic E-state index is 0.00889. The van der Waals surface area contributed by atoms with Gasteiger partial charge in [-0.05, 0) is 37.3 Å². The fourth-order valence-electron chi connectivity index (χ4n) is 2.10. The molecule has 2 heterocycles. The van der Waals surface area contributed by atoms with E-state index in [1.54, 1.807) is 19.6 Å². The van der Waals surface area contributed by atoms with E-state index >= 15 is 0 Å². The van der Waals surface area contributed by atoms with Crippen molar-refractivity contribution in [3.63, 3.8) is 0 Å². The molecule has 0 saturated carbocycles. The Labute approximate surface area is 116 Å². The molecule has 102 valence electrons. The van der Waals surface area contributed by atoms with E-state index in [1.807, 2.05) is 52.7 Å². The van der Waals surface area contributed by atoms with Crippen molar-refractivity contribution >= 4 is 0 Å². The quantitative estimate of drug-likeness (QED) is 0.727. The van der Waals surface area contributed by atoms with Gasteiger partial charge in [-0.1, -0.05) is 0 Å². The van der Waals surface area contributed by atoms with Crippen LogP contribution in [0.15, 0.2) is 49.1 Å². The molecule has 2 aromatic heterocycles. The molecule has 3 aromatic rings. The molecule has 20 heavy (non-hydrogen) atoms. The molecule has 0 saturated heterocycles. The Morgan fingerprint density at radius 2 is 2.00 bits per heavy atom. The van der Waals surface area contributed by atoms with Crippen LogP contribution in [0.25, 0.3) is 5.69 Å². The van der Waals surface area contributed by atoms with Gasteiger partial charge in [-0.15, -0.1) is 10.2 Å². The van der Waals surface area contributed by atoms with E-state index in [4.69, 9.17) is 4.74 Å². The van der Waals surface area contributed by atoms with Crippen LogP contribution in [-0.4, -0.2) is 31.7 Å². The predicted molar refractivity (Wildman–Crippen MR) is 74.0 cm³/mol. The normalized spacial score (nSPS) is 12.3. The third-order valence-corrected chi connectivity index (χ3v) is 3.22. The van der Waals surface area contributed by atoms with Crippen LogP contribution in [0.4, 0.5) is 0 Å². The first-order chi connectivity index (χ1) is 9.79. The Balaban J connectivity index is 1.97. The summed E-state index contributed by atoms with van der Waals surface area (Å²) in [4.78, 5) is 0. The monoisotopic (exact) mass is 269 g/mol. The summed E-state index contributed by atoms with van der Waals surface area (Å²) < 4.78 is 8.97. The van der Waals surface area contributed by atoms with E-state index in [2.05, 4.69) is 15.3 Å². The van der Waals surface area contributed by atoms with Gasteiger partial charge in [0.05, 0.1) is 7.11 Å². The molecular formula is C14H15N5O. The van der Waals surface area contributed by atoms with Crippen LogP contribution in [0, 0.1) is 0 Å². The fourth-order valence-corrected chi connectivity index (χ4v) is 2.10. The van der Waals surface area contributed by atoms with Crippen molar-refractivity contribution < 1.29 is 4.74 Å². The number of rotatable bonds is 4. The number of ether oxygens (including phenoxy) is 1. The summed E-state index contributed by atoms with van der Waals surface area (Å²) >= 11 is 0. The van der Waals surface area contributed by atoms with Crippen molar-refractivity contribution in [1.82, 2.24) is 24.5 Å². The van der Waals surface area contributed by atoms with E-state index in [-0.39, 0.29) is 6.04 Å². The molecule has 0 unspecified atom stereocenters. The summed E-state index contributed by atoms with van der Waals surface area (Å²) in [6, 6.07) is 9.68. The van der Waals surface area contributed by atoms with Gasteiger partial charge in [0.2, 0.25) is 0 Å². The van der Waals surface area contributed by atoms with Crippen molar-refractivity contribution in [3.8, 4) is 11.4 Å². The second-order valence-corrected chi connectivity index (χ2v) is 4.42. The SMILES string of the molecule is COc1ccc(-n2cnnc2[C@@H](C)n2cccn2)cc1. The Hall–Kier alpha value is -2.63. The number of benzene rings is 1. The highest BCUT2D eigenvalue weighted by Crippen LogP contribution is 2.20. The van der Waals surface area contributed by atoms with Gasteiger partial charge in [0.15, 0.2) is 5.82 Å². The third kappa shape index (κ3) is 2.16. The lowest BCUT2D eigenvalue weighted by molar-refractivity contribution is 0.414. The molecule has 3 rings (SSSR count). The molecule has 0 N–H and O–H groups in total. The highest BCUT2D eigenvalue weighted by molar-refractivity contribution is 5.38. The molecule has 0 bridgehead atoms. The molecule has 0 fully saturated rings. The summed E-state index contributed by atoms with van der Waals surface area (Å²) in [5, 5.41) is 12.5. The molecular weight excluding hydrogens is 254 g/mol. The average molecular weight is 269 g/mol. The Morgan fingerprint density at radius 1 is 1.20 bits per heavy atom. The van der Waals surface area contributed by atoms with E-state index in [1.165, 1.54) is 0 Å². The standard InChI is InChI=1S/C14H15N5O/c1-11(19-9-3-8-16-19)14-17-15-10-18(14)12-4-6-13(20-2)7-5-12/h3-11H,1-2H3/t11-/m1/s1. The van der Waals surface area contributed by atoms with Crippen LogP contribution < -0.4 is 4.74 Å². The largest absolute Gasteiger partial charge is 0.497 e. The lowest BCUT2D eigenvalue weighted by atomic mass is 10.2. The molecule has 1 aromatic carbocycles. The van der Waals surface area contributed by atoms with Crippen LogP contribution in [0.2, 0.25) is 0 Å². The highest BCUT2D eigenvalue weighted by atomic mass is 16.5.